The van der Waals surface area contributed by atoms with Crippen LogP contribution in [0.2, 0.25) is 0 Å². The van der Waals surface area contributed by atoms with E-state index in [0.29, 0.717) is 6.54 Å². The largest absolute Gasteiger partial charge is 0.349 e. The van der Waals surface area contributed by atoms with E-state index in [0.717, 1.165) is 31.6 Å². The van der Waals surface area contributed by atoms with Crippen molar-refractivity contribution in [1.82, 2.24) is 14.9 Å². The van der Waals surface area contributed by atoms with Crippen molar-refractivity contribution >= 4 is 5.91 Å². The van der Waals surface area contributed by atoms with Gasteiger partial charge in [0.05, 0.1) is 6.54 Å². The first-order valence-corrected chi connectivity index (χ1v) is 7.79. The van der Waals surface area contributed by atoms with Crippen LogP contribution in [0.25, 0.3) is 0 Å². The molecule has 4 heteroatoms. The van der Waals surface area contributed by atoms with Crippen LogP contribution in [0.15, 0.2) is 54.9 Å². The third-order valence-corrected chi connectivity index (χ3v) is 4.06. The van der Waals surface area contributed by atoms with Crippen molar-refractivity contribution in [2.24, 2.45) is 5.92 Å². The minimum Gasteiger partial charge on any atom is -0.349 e. The van der Waals surface area contributed by atoms with Gasteiger partial charge in [0, 0.05) is 24.9 Å². The van der Waals surface area contributed by atoms with E-state index < -0.39 is 0 Å². The van der Waals surface area contributed by atoms with E-state index in [2.05, 4.69) is 39.2 Å². The molecular formula is C18H21N3O. The fraction of sp³-hybridized carbons (Fsp3) is 0.333. The van der Waals surface area contributed by atoms with Gasteiger partial charge in [-0.3, -0.25) is 4.79 Å². The Morgan fingerprint density at radius 1 is 1.27 bits per heavy atom. The van der Waals surface area contributed by atoms with Crippen molar-refractivity contribution in [2.45, 2.75) is 32.4 Å². The van der Waals surface area contributed by atoms with Gasteiger partial charge in [-0.25, -0.2) is 4.98 Å². The second-order valence-corrected chi connectivity index (χ2v) is 5.66. The normalized spacial score (nSPS) is 17.4. The number of benzene rings is 1. The first-order valence-electron chi connectivity index (χ1n) is 7.79. The molecule has 22 heavy (non-hydrogen) atoms. The number of hydrogen-bond acceptors (Lipinski definition) is 2. The van der Waals surface area contributed by atoms with Crippen molar-refractivity contribution in [3.63, 3.8) is 0 Å². The molecular weight excluding hydrogens is 274 g/mol. The van der Waals surface area contributed by atoms with Gasteiger partial charge in [-0.15, -0.1) is 0 Å². The molecule has 2 aromatic rings. The molecule has 0 unspecified atom stereocenters. The molecule has 0 radical (unpaired) electrons. The van der Waals surface area contributed by atoms with Gasteiger partial charge in [-0.2, -0.15) is 0 Å². The summed E-state index contributed by atoms with van der Waals surface area (Å²) in [4.78, 5) is 16.5. The zero-order valence-electron chi connectivity index (χ0n) is 12.6. The summed E-state index contributed by atoms with van der Waals surface area (Å²) in [6.45, 7) is 1.26. The molecule has 0 bridgehead atoms. The predicted octanol–water partition coefficient (Wildman–Crippen LogP) is 2.90. The third kappa shape index (κ3) is 3.64. The number of rotatable bonds is 5. The number of carbonyl (C=O) groups excluding carboxylic acids is 1. The minimum absolute atomic E-state index is 0.113. The molecule has 1 aliphatic rings. The Labute approximate surface area is 130 Å². The number of carbonyl (C=O) groups is 1. The summed E-state index contributed by atoms with van der Waals surface area (Å²) in [7, 11) is 0. The van der Waals surface area contributed by atoms with Crippen LogP contribution < -0.4 is 5.32 Å². The van der Waals surface area contributed by atoms with Crippen LogP contribution in [0.3, 0.4) is 0 Å². The Bertz CT molecular complexity index is 645. The van der Waals surface area contributed by atoms with Crippen molar-refractivity contribution in [3.05, 3.63) is 66.3 Å². The number of imidazole rings is 1. The highest BCUT2D eigenvalue weighted by Crippen LogP contribution is 2.18. The molecule has 0 fully saturated rings. The first kappa shape index (κ1) is 14.6. The Kier molecular flexibility index (Phi) is 4.68. The molecule has 1 amide bonds. The lowest BCUT2D eigenvalue weighted by atomic mass is 9.94. The van der Waals surface area contributed by atoms with E-state index in [1.54, 1.807) is 6.20 Å². The second kappa shape index (κ2) is 7.07. The summed E-state index contributed by atoms with van der Waals surface area (Å²) < 4.78 is 2.08. The van der Waals surface area contributed by atoms with Gasteiger partial charge in [0.2, 0.25) is 5.91 Å². The van der Waals surface area contributed by atoms with Crippen LogP contribution in [-0.2, 0) is 17.9 Å². The SMILES string of the molecule is O=C(NCc1nccn1Cc1ccccc1)[C@H]1CC=CCC1. The quantitative estimate of drug-likeness (QED) is 0.862. The number of amides is 1. The van der Waals surface area contributed by atoms with Crippen LogP contribution in [0, 0.1) is 5.92 Å². The highest BCUT2D eigenvalue weighted by atomic mass is 16.1. The smallest absolute Gasteiger partial charge is 0.223 e. The first-order chi connectivity index (χ1) is 10.8. The fourth-order valence-electron chi connectivity index (χ4n) is 2.77. The van der Waals surface area contributed by atoms with Gasteiger partial charge < -0.3 is 9.88 Å². The number of allylic oxidation sites excluding steroid dienone is 2. The molecule has 1 aliphatic carbocycles. The van der Waals surface area contributed by atoms with E-state index in [-0.39, 0.29) is 11.8 Å². The van der Waals surface area contributed by atoms with Crippen LogP contribution in [0.4, 0.5) is 0 Å². The number of nitrogens with one attached hydrogen (secondary N) is 1. The third-order valence-electron chi connectivity index (χ3n) is 4.06. The zero-order valence-corrected chi connectivity index (χ0v) is 12.6. The van der Waals surface area contributed by atoms with E-state index in [4.69, 9.17) is 0 Å². The van der Waals surface area contributed by atoms with Crippen molar-refractivity contribution in [3.8, 4) is 0 Å². The summed E-state index contributed by atoms with van der Waals surface area (Å²) in [6, 6.07) is 10.3. The maximum absolute atomic E-state index is 12.2. The van der Waals surface area contributed by atoms with Crippen LogP contribution >= 0.6 is 0 Å². The Morgan fingerprint density at radius 2 is 2.14 bits per heavy atom. The summed E-state index contributed by atoms with van der Waals surface area (Å²) in [5, 5.41) is 3.02. The van der Waals surface area contributed by atoms with Gasteiger partial charge in [0.1, 0.15) is 5.82 Å². The van der Waals surface area contributed by atoms with E-state index >= 15 is 0 Å². The van der Waals surface area contributed by atoms with E-state index in [9.17, 15) is 4.79 Å². The van der Waals surface area contributed by atoms with Gasteiger partial charge in [0.15, 0.2) is 0 Å². The molecule has 1 heterocycles. The van der Waals surface area contributed by atoms with E-state index in [1.807, 2.05) is 24.4 Å². The fourth-order valence-corrected chi connectivity index (χ4v) is 2.77. The molecule has 4 nitrogen and oxygen atoms in total. The summed E-state index contributed by atoms with van der Waals surface area (Å²) in [5.74, 6) is 1.14. The Hall–Kier alpha value is -2.36. The molecule has 3 rings (SSSR count). The molecule has 114 valence electrons. The summed E-state index contributed by atoms with van der Waals surface area (Å²) in [5.41, 5.74) is 1.23. The molecule has 0 aliphatic heterocycles. The Morgan fingerprint density at radius 3 is 2.91 bits per heavy atom. The number of aromatic nitrogens is 2. The lowest BCUT2D eigenvalue weighted by molar-refractivity contribution is -0.125. The van der Waals surface area contributed by atoms with Gasteiger partial charge >= 0.3 is 0 Å². The standard InChI is InChI=1S/C18H21N3O/c22-18(16-9-5-2-6-10-16)20-13-17-19-11-12-21(17)14-15-7-3-1-4-8-15/h1-5,7-8,11-12,16H,6,9-10,13-14H2,(H,20,22)/t16-/m0/s1. The summed E-state index contributed by atoms with van der Waals surface area (Å²) >= 11 is 0. The van der Waals surface area contributed by atoms with Crippen molar-refractivity contribution < 1.29 is 4.79 Å². The molecule has 0 saturated heterocycles. The van der Waals surface area contributed by atoms with Crippen molar-refractivity contribution in [2.75, 3.05) is 0 Å². The number of nitrogens with zero attached hydrogens (tertiary/aromatic N) is 2. The van der Waals surface area contributed by atoms with Crippen LogP contribution in [0.5, 0.6) is 0 Å². The molecule has 1 atom stereocenters. The average Bonchev–Trinajstić information content (AvgIpc) is 3.01. The summed E-state index contributed by atoms with van der Waals surface area (Å²) in [6.07, 6.45) is 10.8. The minimum atomic E-state index is 0.113. The maximum atomic E-state index is 12.2. The molecule has 1 aromatic heterocycles. The second-order valence-electron chi connectivity index (χ2n) is 5.66. The van der Waals surface area contributed by atoms with Gasteiger partial charge in [-0.05, 0) is 24.8 Å². The highest BCUT2D eigenvalue weighted by molar-refractivity contribution is 5.78. The molecule has 1 N–H and O–H groups in total. The van der Waals surface area contributed by atoms with Gasteiger partial charge in [0.25, 0.3) is 0 Å². The van der Waals surface area contributed by atoms with Gasteiger partial charge in [-0.1, -0.05) is 42.5 Å². The maximum Gasteiger partial charge on any atom is 0.223 e. The molecule has 0 spiro atoms. The Balaban J connectivity index is 1.58. The monoisotopic (exact) mass is 295 g/mol. The molecule has 0 saturated carbocycles. The van der Waals surface area contributed by atoms with Crippen LogP contribution in [-0.4, -0.2) is 15.5 Å². The van der Waals surface area contributed by atoms with Crippen molar-refractivity contribution in [1.29, 1.82) is 0 Å². The predicted molar refractivity (Wildman–Crippen MR) is 86.1 cm³/mol. The lowest BCUT2D eigenvalue weighted by Crippen LogP contribution is -2.31. The highest BCUT2D eigenvalue weighted by Gasteiger charge is 2.18. The lowest BCUT2D eigenvalue weighted by Gasteiger charge is -2.17. The topological polar surface area (TPSA) is 46.9 Å². The zero-order chi connectivity index (χ0) is 15.2. The van der Waals surface area contributed by atoms with E-state index in [1.165, 1.54) is 5.56 Å². The van der Waals surface area contributed by atoms with Crippen LogP contribution in [0.1, 0.15) is 30.7 Å². The molecule has 1 aromatic carbocycles. The average molecular weight is 295 g/mol. The number of hydrogen-bond donors (Lipinski definition) is 1.